The number of amides is 2. The number of aromatic amines is 1. The van der Waals surface area contributed by atoms with Crippen LogP contribution in [0.15, 0.2) is 47.6 Å². The number of ether oxygens (including phenoxy) is 2. The first-order chi connectivity index (χ1) is 14.9. The van der Waals surface area contributed by atoms with Crippen LogP contribution in [0.5, 0.6) is 11.5 Å². The summed E-state index contributed by atoms with van der Waals surface area (Å²) in [6.45, 7) is -0.263. The summed E-state index contributed by atoms with van der Waals surface area (Å²) in [5, 5.41) is 8.29. The Bertz CT molecular complexity index is 1060. The summed E-state index contributed by atoms with van der Waals surface area (Å²) in [5.74, 6) is 0.562. The van der Waals surface area contributed by atoms with Gasteiger partial charge in [0.2, 0.25) is 11.1 Å². The molecule has 0 atom stereocenters. The summed E-state index contributed by atoms with van der Waals surface area (Å²) in [4.78, 5) is 28.1. The first kappa shape index (κ1) is 22.7. The molecule has 0 spiro atoms. The zero-order valence-corrected chi connectivity index (χ0v) is 18.5. The van der Waals surface area contributed by atoms with Gasteiger partial charge in [-0.15, -0.1) is 5.10 Å². The molecule has 0 aliphatic rings. The fraction of sp³-hybridized carbons (Fsp3) is 0.158. The molecule has 0 fully saturated rings. The third-order valence-electron chi connectivity index (χ3n) is 3.74. The van der Waals surface area contributed by atoms with Gasteiger partial charge in [-0.05, 0) is 42.5 Å². The maximum absolute atomic E-state index is 11.9. The molecule has 162 valence electrons. The number of H-pyrrole nitrogens is 1. The first-order valence-electron chi connectivity index (χ1n) is 8.80. The molecule has 1 aromatic heterocycles. The number of benzene rings is 2. The van der Waals surface area contributed by atoms with Gasteiger partial charge < -0.3 is 9.47 Å². The number of carbonyl (C=O) groups excluding carboxylic acids is 2. The second-order valence-corrected chi connectivity index (χ2v) is 7.75. The first-order valence-corrected chi connectivity index (χ1v) is 10.5. The molecular weight excluding hydrogens is 465 g/mol. The Morgan fingerprint density at radius 3 is 2.52 bits per heavy atom. The van der Waals surface area contributed by atoms with Crippen LogP contribution in [0.3, 0.4) is 0 Å². The Balaban J connectivity index is 1.43. The number of halogens is 2. The number of nitrogens with zero attached hydrogens (tertiary/aromatic N) is 2. The standard InChI is InChI=1S/C19H17Cl2N5O4S/c1-29-15-7-4-12(21)8-14(15)18-22-19(26-25-18)31-10-17(28)24-23-16(27)9-30-13-5-2-11(20)3-6-13/h2-8H,9-10H2,1H3,(H,23,27)(H,24,28)(H,22,25,26). The van der Waals surface area contributed by atoms with Gasteiger partial charge in [0.05, 0.1) is 18.4 Å². The van der Waals surface area contributed by atoms with E-state index in [4.69, 9.17) is 32.7 Å². The highest BCUT2D eigenvalue weighted by atomic mass is 35.5. The molecule has 2 amide bonds. The monoisotopic (exact) mass is 481 g/mol. The number of hydrogen-bond donors (Lipinski definition) is 3. The summed E-state index contributed by atoms with van der Waals surface area (Å²) in [7, 11) is 1.54. The Morgan fingerprint density at radius 1 is 1.06 bits per heavy atom. The number of carbonyl (C=O) groups is 2. The lowest BCUT2D eigenvalue weighted by Gasteiger charge is -2.08. The fourth-order valence-corrected chi connectivity index (χ4v) is 3.21. The molecule has 3 aromatic rings. The van der Waals surface area contributed by atoms with E-state index in [-0.39, 0.29) is 12.4 Å². The predicted molar refractivity (Wildman–Crippen MR) is 117 cm³/mol. The van der Waals surface area contributed by atoms with Gasteiger partial charge >= 0.3 is 0 Å². The van der Waals surface area contributed by atoms with E-state index in [0.717, 1.165) is 11.8 Å². The van der Waals surface area contributed by atoms with Gasteiger partial charge in [0, 0.05) is 10.0 Å². The van der Waals surface area contributed by atoms with E-state index >= 15 is 0 Å². The molecule has 0 aliphatic carbocycles. The molecule has 0 saturated carbocycles. The van der Waals surface area contributed by atoms with Crippen molar-refractivity contribution in [3.63, 3.8) is 0 Å². The van der Waals surface area contributed by atoms with Crippen molar-refractivity contribution in [3.8, 4) is 22.9 Å². The van der Waals surface area contributed by atoms with Crippen molar-refractivity contribution >= 4 is 46.8 Å². The van der Waals surface area contributed by atoms with Gasteiger partial charge in [0.25, 0.3) is 5.91 Å². The zero-order valence-electron chi connectivity index (χ0n) is 16.1. The highest BCUT2D eigenvalue weighted by Gasteiger charge is 2.13. The second-order valence-electron chi connectivity index (χ2n) is 5.94. The van der Waals surface area contributed by atoms with Crippen molar-refractivity contribution in [2.75, 3.05) is 19.5 Å². The molecule has 3 N–H and O–H groups in total. The lowest BCUT2D eigenvalue weighted by atomic mass is 10.2. The molecule has 0 unspecified atom stereocenters. The Kier molecular flexibility index (Phi) is 7.99. The van der Waals surface area contributed by atoms with Crippen LogP contribution in [0.1, 0.15) is 0 Å². The van der Waals surface area contributed by atoms with Crippen LogP contribution >= 0.6 is 35.0 Å². The maximum atomic E-state index is 11.9. The molecule has 2 aromatic carbocycles. The number of rotatable bonds is 8. The summed E-state index contributed by atoms with van der Waals surface area (Å²) < 4.78 is 10.6. The van der Waals surface area contributed by atoms with E-state index in [0.29, 0.717) is 38.1 Å². The van der Waals surface area contributed by atoms with Gasteiger partial charge in [0.1, 0.15) is 11.5 Å². The van der Waals surface area contributed by atoms with E-state index in [1.807, 2.05) is 0 Å². The lowest BCUT2D eigenvalue weighted by molar-refractivity contribution is -0.128. The Morgan fingerprint density at radius 2 is 1.77 bits per heavy atom. The predicted octanol–water partition coefficient (Wildman–Crippen LogP) is 3.11. The van der Waals surface area contributed by atoms with Crippen LogP contribution in [0.2, 0.25) is 10.0 Å². The summed E-state index contributed by atoms with van der Waals surface area (Å²) in [5.41, 5.74) is 5.21. The van der Waals surface area contributed by atoms with Crippen LogP contribution in [0.25, 0.3) is 11.4 Å². The number of nitrogens with one attached hydrogen (secondary N) is 3. The highest BCUT2D eigenvalue weighted by molar-refractivity contribution is 7.99. The minimum atomic E-state index is -0.512. The molecule has 3 rings (SSSR count). The fourth-order valence-electron chi connectivity index (χ4n) is 2.32. The molecule has 0 aliphatic heterocycles. The molecule has 9 nitrogen and oxygen atoms in total. The third kappa shape index (κ3) is 6.78. The van der Waals surface area contributed by atoms with Crippen molar-refractivity contribution in [2.45, 2.75) is 5.16 Å². The highest BCUT2D eigenvalue weighted by Crippen LogP contribution is 2.31. The molecule has 12 heteroatoms. The molecular formula is C19H17Cl2N5O4S. The average molecular weight is 482 g/mol. The average Bonchev–Trinajstić information content (AvgIpc) is 3.25. The van der Waals surface area contributed by atoms with Crippen molar-refractivity contribution in [2.24, 2.45) is 0 Å². The van der Waals surface area contributed by atoms with Crippen LogP contribution in [0, 0.1) is 0 Å². The van der Waals surface area contributed by atoms with Crippen molar-refractivity contribution in [1.29, 1.82) is 0 Å². The van der Waals surface area contributed by atoms with Gasteiger partial charge in [-0.1, -0.05) is 35.0 Å². The quantitative estimate of drug-likeness (QED) is 0.334. The summed E-state index contributed by atoms with van der Waals surface area (Å²) in [6.07, 6.45) is 0. The van der Waals surface area contributed by atoms with Crippen LogP contribution < -0.4 is 20.3 Å². The zero-order chi connectivity index (χ0) is 22.2. The molecule has 1 heterocycles. The summed E-state index contributed by atoms with van der Waals surface area (Å²) in [6, 6.07) is 11.7. The van der Waals surface area contributed by atoms with Crippen LogP contribution in [-0.4, -0.2) is 46.5 Å². The number of hydrazine groups is 1. The minimum Gasteiger partial charge on any atom is -0.496 e. The number of thioether (sulfide) groups is 1. The maximum Gasteiger partial charge on any atom is 0.276 e. The number of aromatic nitrogens is 3. The largest absolute Gasteiger partial charge is 0.496 e. The normalized spacial score (nSPS) is 10.4. The number of hydrogen-bond acceptors (Lipinski definition) is 7. The van der Waals surface area contributed by atoms with Gasteiger partial charge in [-0.3, -0.25) is 25.5 Å². The van der Waals surface area contributed by atoms with Crippen LogP contribution in [-0.2, 0) is 9.59 Å². The van der Waals surface area contributed by atoms with Crippen molar-refractivity contribution in [3.05, 3.63) is 52.5 Å². The molecule has 0 bridgehead atoms. The van der Waals surface area contributed by atoms with Crippen LogP contribution in [0.4, 0.5) is 0 Å². The second kappa shape index (κ2) is 10.9. The van der Waals surface area contributed by atoms with E-state index in [2.05, 4.69) is 26.0 Å². The van der Waals surface area contributed by atoms with Gasteiger partial charge in [-0.2, -0.15) is 0 Å². The van der Waals surface area contributed by atoms with E-state index < -0.39 is 11.8 Å². The van der Waals surface area contributed by atoms with Crippen molar-refractivity contribution in [1.82, 2.24) is 26.0 Å². The molecule has 0 radical (unpaired) electrons. The van der Waals surface area contributed by atoms with E-state index in [9.17, 15) is 9.59 Å². The minimum absolute atomic E-state index is 0.0116. The molecule has 0 saturated heterocycles. The Hall–Kier alpha value is -2.95. The third-order valence-corrected chi connectivity index (χ3v) is 5.07. The van der Waals surface area contributed by atoms with E-state index in [1.165, 1.54) is 7.11 Å². The Labute approximate surface area is 191 Å². The number of methoxy groups -OCH3 is 1. The smallest absolute Gasteiger partial charge is 0.276 e. The SMILES string of the molecule is COc1ccc(Cl)cc1-c1nc(SCC(=O)NNC(=O)COc2ccc(Cl)cc2)n[nH]1. The van der Waals surface area contributed by atoms with E-state index in [1.54, 1.807) is 42.5 Å². The van der Waals surface area contributed by atoms with Gasteiger partial charge in [0.15, 0.2) is 12.4 Å². The topological polar surface area (TPSA) is 118 Å². The van der Waals surface area contributed by atoms with Gasteiger partial charge in [-0.25, -0.2) is 4.98 Å². The molecule has 31 heavy (non-hydrogen) atoms. The summed E-state index contributed by atoms with van der Waals surface area (Å²) >= 11 is 12.9. The van der Waals surface area contributed by atoms with Crippen molar-refractivity contribution < 1.29 is 19.1 Å². The lowest BCUT2D eigenvalue weighted by Crippen LogP contribution is -2.44.